The van der Waals surface area contributed by atoms with Gasteiger partial charge in [-0.3, -0.25) is 9.69 Å². The van der Waals surface area contributed by atoms with Gasteiger partial charge in [-0.25, -0.2) is 0 Å². The summed E-state index contributed by atoms with van der Waals surface area (Å²) in [5.74, 6) is 0.322. The number of fused-ring (bicyclic) bond motifs is 1. The maximum absolute atomic E-state index is 12.4. The number of hydrogen-bond donors (Lipinski definition) is 2. The molecule has 1 aliphatic rings. The highest BCUT2D eigenvalue weighted by molar-refractivity contribution is 5.79. The molecule has 0 radical (unpaired) electrons. The van der Waals surface area contributed by atoms with E-state index in [9.17, 15) is 9.90 Å². The molecule has 0 unspecified atom stereocenters. The highest BCUT2D eigenvalue weighted by Gasteiger charge is 2.20. The first-order valence-electron chi connectivity index (χ1n) is 8.98. The third-order valence-corrected chi connectivity index (χ3v) is 5.07. The minimum atomic E-state index is -0.00973. The van der Waals surface area contributed by atoms with Gasteiger partial charge in [-0.2, -0.15) is 0 Å². The molecule has 26 heavy (non-hydrogen) atoms. The molecule has 3 aromatic rings. The molecule has 0 atom stereocenters. The number of phenols is 1. The molecular formula is C21H23N3O2. The summed E-state index contributed by atoms with van der Waals surface area (Å²) < 4.78 is 0. The van der Waals surface area contributed by atoms with E-state index in [2.05, 4.69) is 27.8 Å². The second kappa shape index (κ2) is 6.84. The maximum atomic E-state index is 12.4. The van der Waals surface area contributed by atoms with E-state index < -0.39 is 0 Å². The Morgan fingerprint density at radius 2 is 1.81 bits per heavy atom. The minimum Gasteiger partial charge on any atom is -0.506 e. The molecule has 5 heteroatoms. The smallest absolute Gasteiger partial charge is 0.252 e. The molecule has 0 aliphatic carbocycles. The molecule has 4 rings (SSSR count). The number of rotatable bonds is 3. The first kappa shape index (κ1) is 16.7. The van der Waals surface area contributed by atoms with Crippen molar-refractivity contribution in [2.45, 2.75) is 13.5 Å². The summed E-state index contributed by atoms with van der Waals surface area (Å²) in [6.07, 6.45) is 0. The van der Waals surface area contributed by atoms with Gasteiger partial charge in [0, 0.05) is 43.8 Å². The van der Waals surface area contributed by atoms with E-state index in [1.54, 1.807) is 6.07 Å². The molecule has 2 heterocycles. The van der Waals surface area contributed by atoms with Crippen molar-refractivity contribution < 1.29 is 5.11 Å². The summed E-state index contributed by atoms with van der Waals surface area (Å²) in [6.45, 7) is 6.10. The Morgan fingerprint density at radius 1 is 1.04 bits per heavy atom. The van der Waals surface area contributed by atoms with Crippen molar-refractivity contribution in [2.24, 2.45) is 0 Å². The summed E-state index contributed by atoms with van der Waals surface area (Å²) in [5.41, 5.74) is 3.75. The maximum Gasteiger partial charge on any atom is 0.252 e. The average molecular weight is 349 g/mol. The van der Waals surface area contributed by atoms with Crippen molar-refractivity contribution >= 4 is 16.6 Å². The van der Waals surface area contributed by atoms with Gasteiger partial charge in [-0.05, 0) is 42.6 Å². The third kappa shape index (κ3) is 3.30. The predicted molar refractivity (Wildman–Crippen MR) is 105 cm³/mol. The highest BCUT2D eigenvalue weighted by atomic mass is 16.3. The number of hydrogen-bond acceptors (Lipinski definition) is 4. The first-order valence-corrected chi connectivity index (χ1v) is 8.98. The van der Waals surface area contributed by atoms with Crippen molar-refractivity contribution in [3.63, 3.8) is 0 Å². The van der Waals surface area contributed by atoms with Gasteiger partial charge in [-0.1, -0.05) is 23.8 Å². The summed E-state index contributed by atoms with van der Waals surface area (Å²) in [5, 5.41) is 11.1. The Balaban J connectivity index is 1.48. The number of H-pyrrole nitrogens is 1. The van der Waals surface area contributed by atoms with Crippen LogP contribution in [0.15, 0.2) is 53.3 Å². The van der Waals surface area contributed by atoms with Crippen LogP contribution in [0, 0.1) is 6.92 Å². The van der Waals surface area contributed by atoms with Crippen molar-refractivity contribution in [1.29, 1.82) is 0 Å². The fraction of sp³-hybridized carbons (Fsp3) is 0.286. The van der Waals surface area contributed by atoms with Gasteiger partial charge in [-0.15, -0.1) is 0 Å². The third-order valence-electron chi connectivity index (χ3n) is 5.07. The van der Waals surface area contributed by atoms with E-state index in [1.165, 1.54) is 5.56 Å². The zero-order valence-corrected chi connectivity index (χ0v) is 14.9. The molecule has 134 valence electrons. The second-order valence-electron chi connectivity index (χ2n) is 6.97. The monoisotopic (exact) mass is 349 g/mol. The van der Waals surface area contributed by atoms with Gasteiger partial charge >= 0.3 is 0 Å². The number of pyridine rings is 1. The second-order valence-corrected chi connectivity index (χ2v) is 6.97. The standard InChI is InChI=1S/C21H23N3O2/c1-15-6-7-18-16(12-15)13-17(21(26)22-18)14-23-8-10-24(11-9-23)19-4-2-3-5-20(19)25/h2-7,12-13,25H,8-11,14H2,1H3,(H,22,26). The molecule has 5 nitrogen and oxygen atoms in total. The Morgan fingerprint density at radius 3 is 2.58 bits per heavy atom. The van der Waals surface area contributed by atoms with Gasteiger partial charge in [0.1, 0.15) is 5.75 Å². The summed E-state index contributed by atoms with van der Waals surface area (Å²) in [4.78, 5) is 19.9. The van der Waals surface area contributed by atoms with Gasteiger partial charge in [0.05, 0.1) is 5.69 Å². The van der Waals surface area contributed by atoms with Crippen LogP contribution in [-0.2, 0) is 6.54 Å². The summed E-state index contributed by atoms with van der Waals surface area (Å²) in [7, 11) is 0. The Labute approximate surface area is 152 Å². The molecule has 1 aromatic heterocycles. The number of piperazine rings is 1. The van der Waals surface area contributed by atoms with E-state index in [4.69, 9.17) is 0 Å². The summed E-state index contributed by atoms with van der Waals surface area (Å²) in [6, 6.07) is 15.5. The van der Waals surface area contributed by atoms with Crippen LogP contribution in [0.1, 0.15) is 11.1 Å². The lowest BCUT2D eigenvalue weighted by atomic mass is 10.1. The molecule has 0 saturated carbocycles. The topological polar surface area (TPSA) is 59.6 Å². The Bertz CT molecular complexity index is 988. The van der Waals surface area contributed by atoms with E-state index in [1.807, 2.05) is 36.4 Å². The quantitative estimate of drug-likeness (QED) is 0.763. The zero-order valence-electron chi connectivity index (χ0n) is 14.9. The molecule has 2 N–H and O–H groups in total. The van der Waals surface area contributed by atoms with Crippen LogP contribution < -0.4 is 10.5 Å². The fourth-order valence-corrected chi connectivity index (χ4v) is 3.61. The molecule has 2 aromatic carbocycles. The number of anilines is 1. The van der Waals surface area contributed by atoms with E-state index >= 15 is 0 Å². The van der Waals surface area contributed by atoms with Crippen LogP contribution in [-0.4, -0.2) is 41.2 Å². The summed E-state index contributed by atoms with van der Waals surface area (Å²) >= 11 is 0. The number of para-hydroxylation sites is 2. The minimum absolute atomic E-state index is 0.00973. The number of aromatic hydroxyl groups is 1. The number of nitrogens with one attached hydrogen (secondary N) is 1. The molecule has 0 spiro atoms. The number of nitrogens with zero attached hydrogens (tertiary/aromatic N) is 2. The number of aromatic amines is 1. The normalized spacial score (nSPS) is 15.5. The van der Waals surface area contributed by atoms with Crippen LogP contribution in [0.25, 0.3) is 10.9 Å². The number of benzene rings is 2. The zero-order chi connectivity index (χ0) is 18.1. The van der Waals surface area contributed by atoms with Gasteiger partial charge in [0.2, 0.25) is 0 Å². The molecule has 1 saturated heterocycles. The van der Waals surface area contributed by atoms with Gasteiger partial charge < -0.3 is 15.0 Å². The van der Waals surface area contributed by atoms with Gasteiger partial charge in [0.25, 0.3) is 5.56 Å². The van der Waals surface area contributed by atoms with Crippen molar-refractivity contribution in [3.8, 4) is 5.75 Å². The molecule has 0 bridgehead atoms. The molecule has 1 aliphatic heterocycles. The number of phenolic OH excluding ortho intramolecular Hbond substituents is 1. The fourth-order valence-electron chi connectivity index (χ4n) is 3.61. The van der Waals surface area contributed by atoms with Crippen LogP contribution in [0.4, 0.5) is 5.69 Å². The van der Waals surface area contributed by atoms with Crippen LogP contribution in [0.5, 0.6) is 5.75 Å². The van der Waals surface area contributed by atoms with Gasteiger partial charge in [0.15, 0.2) is 0 Å². The van der Waals surface area contributed by atoms with Crippen molar-refractivity contribution in [2.75, 3.05) is 31.1 Å². The lowest BCUT2D eigenvalue weighted by Crippen LogP contribution is -2.46. The van der Waals surface area contributed by atoms with E-state index in [0.717, 1.165) is 48.3 Å². The highest BCUT2D eigenvalue weighted by Crippen LogP contribution is 2.27. The van der Waals surface area contributed by atoms with E-state index in [0.29, 0.717) is 12.3 Å². The molecule has 1 fully saturated rings. The Hall–Kier alpha value is -2.79. The van der Waals surface area contributed by atoms with E-state index in [-0.39, 0.29) is 5.56 Å². The largest absolute Gasteiger partial charge is 0.506 e. The SMILES string of the molecule is Cc1ccc2[nH]c(=O)c(CN3CCN(c4ccccc4O)CC3)cc2c1. The van der Waals surface area contributed by atoms with Crippen LogP contribution in [0.3, 0.4) is 0 Å². The lowest BCUT2D eigenvalue weighted by molar-refractivity contribution is 0.248. The average Bonchev–Trinajstić information content (AvgIpc) is 2.64. The molecule has 0 amide bonds. The van der Waals surface area contributed by atoms with Crippen molar-refractivity contribution in [1.82, 2.24) is 9.88 Å². The molecular weight excluding hydrogens is 326 g/mol. The Kier molecular flexibility index (Phi) is 4.39. The first-order chi connectivity index (χ1) is 12.6. The van der Waals surface area contributed by atoms with Crippen LogP contribution >= 0.6 is 0 Å². The predicted octanol–water partition coefficient (Wildman–Crippen LogP) is 2.86. The lowest BCUT2D eigenvalue weighted by Gasteiger charge is -2.36. The number of aromatic nitrogens is 1. The van der Waals surface area contributed by atoms with Crippen LogP contribution in [0.2, 0.25) is 0 Å². The van der Waals surface area contributed by atoms with Crippen molar-refractivity contribution in [3.05, 3.63) is 70.0 Å². The number of aryl methyl sites for hydroxylation is 1.